The molecule has 34 heavy (non-hydrogen) atoms. The second-order valence-electron chi connectivity index (χ2n) is 11.0. The smallest absolute Gasteiger partial charge is 0.193 e. The van der Waals surface area contributed by atoms with Gasteiger partial charge in [0.15, 0.2) is 28.6 Å². The molecule has 0 bridgehead atoms. The summed E-state index contributed by atoms with van der Waals surface area (Å²) in [7, 11) is 0. The van der Waals surface area contributed by atoms with Crippen molar-refractivity contribution in [1.82, 2.24) is 0 Å². The van der Waals surface area contributed by atoms with Gasteiger partial charge >= 0.3 is 0 Å². The van der Waals surface area contributed by atoms with E-state index in [1.54, 1.807) is 20.8 Å². The molecule has 0 aromatic heterocycles. The summed E-state index contributed by atoms with van der Waals surface area (Å²) >= 11 is 0. The number of Topliss-reactive ketones (excluding diaryl/α,β-unsaturated/α-hetero) is 1. The Morgan fingerprint density at radius 2 is 1.82 bits per heavy atom. The lowest BCUT2D eigenvalue weighted by Crippen LogP contribution is -2.71. The lowest BCUT2D eigenvalue weighted by Gasteiger charge is -2.63. The molecule has 5 rings (SSSR count). The number of hydrogen-bond donors (Lipinski definition) is 2. The van der Waals surface area contributed by atoms with E-state index in [0.717, 1.165) is 6.08 Å². The number of aliphatic hydroxyl groups is 2. The number of allylic oxidation sites excluding steroid dienone is 4. The third kappa shape index (κ3) is 2.84. The molecule has 0 unspecified atom stereocenters. The number of aliphatic hydroxyl groups excluding tert-OH is 2. The zero-order chi connectivity index (χ0) is 23.5. The Hall–Kier alpha value is -1.56. The van der Waals surface area contributed by atoms with Gasteiger partial charge in [-0.2, -0.15) is 0 Å². The maximum Gasteiger partial charge on any atom is 0.193 e. The average Bonchev–Trinajstić information content (AvgIpc) is 3.11. The number of carbonyl (C=O) groups excluding carboxylic acids is 2. The molecule has 6 N–H and O–H groups in total. The van der Waals surface area contributed by atoms with E-state index in [-0.39, 0.29) is 35.8 Å². The molecular weight excluding hydrogens is 454 g/mol. The summed E-state index contributed by atoms with van der Waals surface area (Å²) in [5, 5.41) is 21.1. The van der Waals surface area contributed by atoms with E-state index in [0.29, 0.717) is 0 Å². The minimum absolute atomic E-state index is 0. The van der Waals surface area contributed by atoms with E-state index in [1.807, 2.05) is 0 Å². The maximum atomic E-state index is 17.1. The Morgan fingerprint density at radius 3 is 2.44 bits per heavy atom. The third-order valence-electron chi connectivity index (χ3n) is 9.18. The fourth-order valence-electron chi connectivity index (χ4n) is 7.92. The van der Waals surface area contributed by atoms with Crippen LogP contribution in [-0.4, -0.2) is 74.8 Å². The second kappa shape index (κ2) is 7.72. The molecule has 1 aliphatic heterocycles. The zero-order valence-corrected chi connectivity index (χ0v) is 19.7. The monoisotopic (exact) mass is 488 g/mol. The number of hydrogen-bond acceptors (Lipinski definition) is 6. The molecule has 192 valence electrons. The van der Waals surface area contributed by atoms with Crippen molar-refractivity contribution in [3.8, 4) is 0 Å². The van der Waals surface area contributed by atoms with E-state index in [4.69, 9.17) is 9.47 Å². The zero-order valence-electron chi connectivity index (χ0n) is 19.7. The molecule has 0 aromatic rings. The molecule has 5 aliphatic rings. The van der Waals surface area contributed by atoms with Crippen LogP contribution in [0.1, 0.15) is 47.0 Å². The van der Waals surface area contributed by atoms with Crippen LogP contribution in [0.4, 0.5) is 8.78 Å². The van der Waals surface area contributed by atoms with Gasteiger partial charge in [-0.25, -0.2) is 8.78 Å². The molecule has 0 radical (unpaired) electrons. The Kier molecular flexibility index (Phi) is 6.14. The highest BCUT2D eigenvalue weighted by Crippen LogP contribution is 2.72. The molecule has 1 saturated heterocycles. The van der Waals surface area contributed by atoms with E-state index >= 15 is 8.78 Å². The molecule has 10 heteroatoms. The second-order valence-corrected chi connectivity index (χ2v) is 11.0. The molecule has 9 atom stereocenters. The average molecular weight is 489 g/mol. The lowest BCUT2D eigenvalue weighted by atomic mass is 9.44. The van der Waals surface area contributed by atoms with Crippen molar-refractivity contribution in [3.63, 3.8) is 0 Å². The number of rotatable bonds is 2. The predicted octanol–water partition coefficient (Wildman–Crippen LogP) is 0.717. The fraction of sp³-hybridized carbons (Fsp3) is 0.750. The van der Waals surface area contributed by atoms with Crippen LogP contribution in [0.15, 0.2) is 23.8 Å². The summed E-state index contributed by atoms with van der Waals surface area (Å²) in [6.07, 6.45) is -0.151. The van der Waals surface area contributed by atoms with E-state index in [2.05, 4.69) is 0 Å². The summed E-state index contributed by atoms with van der Waals surface area (Å²) in [4.78, 5) is 25.1. The van der Waals surface area contributed by atoms with Gasteiger partial charge in [0, 0.05) is 16.7 Å². The van der Waals surface area contributed by atoms with Crippen LogP contribution in [0, 0.1) is 22.7 Å². The van der Waals surface area contributed by atoms with Crippen LogP contribution in [-0.2, 0) is 19.1 Å². The van der Waals surface area contributed by atoms with Crippen molar-refractivity contribution in [1.29, 1.82) is 0 Å². The SMILES string of the molecule is CC1(C)O[C@@H]2C[C@H]3[C@@H]4C[C@H](F)C5=CC(=O)C=C[C@]5(C)[C@@]4(F)[C@@H](O)C[C@]3(C)[C@]2(C(=O)CO)O1.O.O. The molecule has 1 heterocycles. The normalized spacial score (nSPS) is 50.1. The summed E-state index contributed by atoms with van der Waals surface area (Å²) in [6.45, 7) is 5.87. The molecule has 8 nitrogen and oxygen atoms in total. The highest BCUT2D eigenvalue weighted by Gasteiger charge is 2.80. The van der Waals surface area contributed by atoms with E-state index in [1.165, 1.54) is 19.1 Å². The van der Waals surface area contributed by atoms with Crippen LogP contribution >= 0.6 is 0 Å². The first-order valence-corrected chi connectivity index (χ1v) is 11.3. The first-order chi connectivity index (χ1) is 14.8. The van der Waals surface area contributed by atoms with Gasteiger partial charge in [-0.05, 0) is 63.7 Å². The van der Waals surface area contributed by atoms with Crippen LogP contribution in [0.3, 0.4) is 0 Å². The molecule has 0 amide bonds. The Bertz CT molecular complexity index is 965. The minimum Gasteiger partial charge on any atom is -0.412 e. The van der Waals surface area contributed by atoms with E-state index < -0.39 is 76.3 Å². The number of ketones is 2. The third-order valence-corrected chi connectivity index (χ3v) is 9.18. The summed E-state index contributed by atoms with van der Waals surface area (Å²) in [5.41, 5.74) is -6.30. The van der Waals surface area contributed by atoms with Gasteiger partial charge in [-0.15, -0.1) is 0 Å². The van der Waals surface area contributed by atoms with E-state index in [9.17, 15) is 19.8 Å². The van der Waals surface area contributed by atoms with Crippen LogP contribution in [0.5, 0.6) is 0 Å². The van der Waals surface area contributed by atoms with Crippen molar-refractivity contribution >= 4 is 11.6 Å². The first kappa shape index (κ1) is 27.0. The number of carbonyl (C=O) groups is 2. The Labute approximate surface area is 196 Å². The van der Waals surface area contributed by atoms with Crippen molar-refractivity contribution in [3.05, 3.63) is 23.8 Å². The summed E-state index contributed by atoms with van der Waals surface area (Å²) < 4.78 is 44.8. The predicted molar refractivity (Wildman–Crippen MR) is 116 cm³/mol. The van der Waals surface area contributed by atoms with Gasteiger partial charge in [0.2, 0.25) is 0 Å². The number of ether oxygens (including phenoxy) is 2. The summed E-state index contributed by atoms with van der Waals surface area (Å²) in [6, 6.07) is 0. The quantitative estimate of drug-likeness (QED) is 0.583. The van der Waals surface area contributed by atoms with Crippen molar-refractivity contribution in [2.45, 2.75) is 82.4 Å². The molecule has 0 spiro atoms. The van der Waals surface area contributed by atoms with Gasteiger partial charge < -0.3 is 30.6 Å². The minimum atomic E-state index is -2.24. The standard InChI is InChI=1S/C24H30F2O6.2H2O/c1-20(2)31-19-9-13-14-8-16(25)15-7-12(28)5-6-21(15,3)23(14,26)17(29)10-22(13,4)24(19,32-20)18(30)11-27;;/h5-7,13-14,16-17,19,27,29H,8-11H2,1-4H3;2*1H2/t13-,14-,16-,17-,19+,21-,22-,23-,24+;;/m0../s1. The first-order valence-electron chi connectivity index (χ1n) is 11.3. The molecular formula is C24H34F2O8. The number of halogens is 2. The number of fused-ring (bicyclic) bond motifs is 7. The summed E-state index contributed by atoms with van der Waals surface area (Å²) in [5.74, 6) is -3.53. The van der Waals surface area contributed by atoms with Crippen molar-refractivity contribution < 1.29 is 49.0 Å². The topological polar surface area (TPSA) is 156 Å². The maximum absolute atomic E-state index is 17.1. The molecule has 3 saturated carbocycles. The van der Waals surface area contributed by atoms with Gasteiger partial charge in [0.25, 0.3) is 0 Å². The molecule has 4 fully saturated rings. The van der Waals surface area contributed by atoms with Crippen LogP contribution in [0.2, 0.25) is 0 Å². The van der Waals surface area contributed by atoms with Crippen LogP contribution < -0.4 is 0 Å². The molecule has 4 aliphatic carbocycles. The Balaban J connectivity index is 0.00000162. The largest absolute Gasteiger partial charge is 0.412 e. The van der Waals surface area contributed by atoms with Crippen molar-refractivity contribution in [2.24, 2.45) is 22.7 Å². The number of alkyl halides is 2. The van der Waals surface area contributed by atoms with Gasteiger partial charge in [0.1, 0.15) is 12.8 Å². The van der Waals surface area contributed by atoms with Gasteiger partial charge in [0.05, 0.1) is 12.2 Å². The molecule has 0 aromatic carbocycles. The highest BCUT2D eigenvalue weighted by molar-refractivity contribution is 6.01. The highest BCUT2D eigenvalue weighted by atomic mass is 19.1. The Morgan fingerprint density at radius 1 is 1.18 bits per heavy atom. The van der Waals surface area contributed by atoms with Crippen LogP contribution in [0.25, 0.3) is 0 Å². The van der Waals surface area contributed by atoms with Gasteiger partial charge in [-0.3, -0.25) is 9.59 Å². The lowest BCUT2D eigenvalue weighted by molar-refractivity contribution is -0.248. The van der Waals surface area contributed by atoms with Crippen molar-refractivity contribution in [2.75, 3.05) is 6.61 Å². The fourth-order valence-corrected chi connectivity index (χ4v) is 7.92. The van der Waals surface area contributed by atoms with Gasteiger partial charge in [-0.1, -0.05) is 13.0 Å².